The number of hydrogen-bond acceptors (Lipinski definition) is 7. The van der Waals surface area contributed by atoms with Crippen molar-refractivity contribution in [2.75, 3.05) is 42.6 Å². The molecule has 0 saturated carbocycles. The molecule has 0 radical (unpaired) electrons. The molecule has 5 rings (SSSR count). The Kier molecular flexibility index (Phi) is 7.05. The van der Waals surface area contributed by atoms with E-state index in [1.807, 2.05) is 18.2 Å². The number of esters is 1. The summed E-state index contributed by atoms with van der Waals surface area (Å²) < 4.78 is 21.4. The van der Waals surface area contributed by atoms with Crippen LogP contribution in [-0.2, 0) is 11.3 Å². The first-order valence-corrected chi connectivity index (χ1v) is 12.4. The van der Waals surface area contributed by atoms with Gasteiger partial charge in [-0.05, 0) is 37.3 Å². The molecule has 0 N–H and O–H groups in total. The lowest BCUT2D eigenvalue weighted by Crippen LogP contribution is -2.47. The summed E-state index contributed by atoms with van der Waals surface area (Å²) in [5.74, 6) is 0.328. The minimum atomic E-state index is -0.732. The number of piperazine rings is 1. The van der Waals surface area contributed by atoms with Crippen LogP contribution in [-0.4, -0.2) is 53.3 Å². The zero-order valence-corrected chi connectivity index (χ0v) is 21.0. The topological polar surface area (TPSA) is 80.6 Å². The van der Waals surface area contributed by atoms with Crippen molar-refractivity contribution in [3.63, 3.8) is 0 Å². The summed E-state index contributed by atoms with van der Waals surface area (Å²) in [6.45, 7) is 4.77. The summed E-state index contributed by atoms with van der Waals surface area (Å²) in [7, 11) is 0. The first-order valence-electron chi connectivity index (χ1n) is 12.0. The van der Waals surface area contributed by atoms with Crippen molar-refractivity contribution in [2.24, 2.45) is 0 Å². The third-order valence-corrected chi connectivity index (χ3v) is 6.64. The van der Waals surface area contributed by atoms with Crippen molar-refractivity contribution in [2.45, 2.75) is 13.5 Å². The van der Waals surface area contributed by atoms with Crippen LogP contribution in [0.2, 0.25) is 5.02 Å². The number of pyridine rings is 3. The van der Waals surface area contributed by atoms with E-state index in [1.54, 1.807) is 42.0 Å². The van der Waals surface area contributed by atoms with Gasteiger partial charge in [0.25, 0.3) is 0 Å². The second-order valence-electron chi connectivity index (χ2n) is 8.64. The van der Waals surface area contributed by atoms with Crippen molar-refractivity contribution in [1.29, 1.82) is 0 Å². The van der Waals surface area contributed by atoms with Crippen molar-refractivity contribution >= 4 is 40.2 Å². The Morgan fingerprint density at radius 2 is 1.78 bits per heavy atom. The molecule has 0 aliphatic carbocycles. The van der Waals surface area contributed by atoms with Gasteiger partial charge in [-0.25, -0.2) is 19.2 Å². The molecule has 1 aliphatic heterocycles. The van der Waals surface area contributed by atoms with Gasteiger partial charge in [0, 0.05) is 44.1 Å². The Morgan fingerprint density at radius 1 is 1.03 bits per heavy atom. The number of nitrogens with zero attached hydrogens (tertiary/aromatic N) is 5. The second-order valence-corrected chi connectivity index (χ2v) is 9.04. The number of benzene rings is 1. The summed E-state index contributed by atoms with van der Waals surface area (Å²) >= 11 is 5.99. The lowest BCUT2D eigenvalue weighted by atomic mass is 10.1. The van der Waals surface area contributed by atoms with E-state index in [2.05, 4.69) is 14.8 Å². The number of rotatable bonds is 6. The van der Waals surface area contributed by atoms with Crippen LogP contribution in [0.4, 0.5) is 16.0 Å². The van der Waals surface area contributed by atoms with Crippen molar-refractivity contribution in [1.82, 2.24) is 14.5 Å². The first kappa shape index (κ1) is 24.7. The van der Waals surface area contributed by atoms with Crippen LogP contribution in [0.15, 0.2) is 65.7 Å². The van der Waals surface area contributed by atoms with E-state index in [4.69, 9.17) is 21.3 Å². The highest BCUT2D eigenvalue weighted by Gasteiger charge is 2.22. The molecule has 1 saturated heterocycles. The van der Waals surface area contributed by atoms with Gasteiger partial charge in [0.15, 0.2) is 0 Å². The molecule has 37 heavy (non-hydrogen) atoms. The molecule has 3 aromatic heterocycles. The van der Waals surface area contributed by atoms with Gasteiger partial charge in [0.1, 0.15) is 28.7 Å². The van der Waals surface area contributed by atoms with Crippen LogP contribution in [0.1, 0.15) is 22.8 Å². The number of carbonyl (C=O) groups is 1. The minimum absolute atomic E-state index is 0.00658. The third-order valence-electron chi connectivity index (χ3n) is 6.35. The highest BCUT2D eigenvalue weighted by atomic mass is 35.5. The van der Waals surface area contributed by atoms with E-state index in [1.165, 1.54) is 12.3 Å². The van der Waals surface area contributed by atoms with E-state index in [0.29, 0.717) is 30.1 Å². The van der Waals surface area contributed by atoms with E-state index in [-0.39, 0.29) is 29.1 Å². The summed E-state index contributed by atoms with van der Waals surface area (Å²) in [4.78, 5) is 39.3. The predicted molar refractivity (Wildman–Crippen MR) is 141 cm³/mol. The fourth-order valence-electron chi connectivity index (χ4n) is 4.47. The van der Waals surface area contributed by atoms with E-state index in [0.717, 1.165) is 18.9 Å². The fraction of sp³-hybridized carbons (Fsp3) is 0.259. The minimum Gasteiger partial charge on any atom is -0.462 e. The largest absolute Gasteiger partial charge is 0.462 e. The molecule has 10 heteroatoms. The van der Waals surface area contributed by atoms with Crippen LogP contribution in [0.5, 0.6) is 0 Å². The van der Waals surface area contributed by atoms with Gasteiger partial charge in [-0.15, -0.1) is 0 Å². The van der Waals surface area contributed by atoms with Crippen molar-refractivity contribution in [3.05, 3.63) is 93.1 Å². The van der Waals surface area contributed by atoms with Crippen LogP contribution < -0.4 is 15.2 Å². The SMILES string of the molecule is CCOC(=O)c1cn(Cc2cccc(Cl)c2F)c2nc(N3CCN(c4ccccn4)CC3)ccc2c1=O. The number of ether oxygens (including phenoxy) is 1. The highest BCUT2D eigenvalue weighted by molar-refractivity contribution is 6.30. The van der Waals surface area contributed by atoms with Gasteiger partial charge in [-0.2, -0.15) is 0 Å². The number of aromatic nitrogens is 3. The number of hydrogen-bond donors (Lipinski definition) is 0. The smallest absolute Gasteiger partial charge is 0.343 e. The van der Waals surface area contributed by atoms with Crippen LogP contribution in [0.25, 0.3) is 11.0 Å². The average molecular weight is 522 g/mol. The van der Waals surface area contributed by atoms with Gasteiger partial charge in [-0.3, -0.25) is 4.79 Å². The number of anilines is 2. The zero-order chi connectivity index (χ0) is 25.9. The van der Waals surface area contributed by atoms with Crippen LogP contribution in [0, 0.1) is 5.82 Å². The zero-order valence-electron chi connectivity index (χ0n) is 20.2. The Morgan fingerprint density at radius 3 is 2.49 bits per heavy atom. The molecule has 190 valence electrons. The van der Waals surface area contributed by atoms with Gasteiger partial charge in [0.2, 0.25) is 5.43 Å². The summed E-state index contributed by atoms with van der Waals surface area (Å²) in [6, 6.07) is 14.0. The monoisotopic (exact) mass is 521 g/mol. The molecular formula is C27H25ClFN5O3. The van der Waals surface area contributed by atoms with Crippen molar-refractivity contribution in [3.8, 4) is 0 Å². The van der Waals surface area contributed by atoms with Crippen molar-refractivity contribution < 1.29 is 13.9 Å². The first-order chi connectivity index (χ1) is 18.0. The van der Waals surface area contributed by atoms with Crippen LogP contribution in [0.3, 0.4) is 0 Å². The maximum Gasteiger partial charge on any atom is 0.343 e. The summed E-state index contributed by atoms with van der Waals surface area (Å²) in [6.07, 6.45) is 3.16. The molecule has 0 bridgehead atoms. The summed E-state index contributed by atoms with van der Waals surface area (Å²) in [5, 5.41) is 0.247. The molecule has 4 aromatic rings. The molecule has 1 fully saturated rings. The lowest BCUT2D eigenvalue weighted by Gasteiger charge is -2.36. The molecular weight excluding hydrogens is 497 g/mol. The molecule has 4 heterocycles. The Hall–Kier alpha value is -3.98. The quantitative estimate of drug-likeness (QED) is 0.353. The molecule has 0 amide bonds. The normalized spacial score (nSPS) is 13.7. The number of halogens is 2. The maximum absolute atomic E-state index is 14.8. The van der Waals surface area contributed by atoms with E-state index in [9.17, 15) is 14.0 Å². The molecule has 8 nitrogen and oxygen atoms in total. The maximum atomic E-state index is 14.8. The Bertz CT molecular complexity index is 1500. The van der Waals surface area contributed by atoms with Crippen LogP contribution >= 0.6 is 11.6 Å². The standard InChI is InChI=1S/C27H25ClFN5O3/c1-2-37-27(36)20-17-34(16-18-6-5-7-21(28)24(18)29)26-19(25(20)35)9-10-23(31-26)33-14-12-32(13-15-33)22-8-3-4-11-30-22/h3-11,17H,2,12-16H2,1H3. The molecule has 0 spiro atoms. The second kappa shape index (κ2) is 10.6. The van der Waals surface area contributed by atoms with Gasteiger partial charge in [0.05, 0.1) is 23.6 Å². The Balaban J connectivity index is 1.52. The van der Waals surface area contributed by atoms with Gasteiger partial charge >= 0.3 is 5.97 Å². The Labute approximate surface area is 217 Å². The fourth-order valence-corrected chi connectivity index (χ4v) is 4.66. The number of fused-ring (bicyclic) bond motifs is 1. The predicted octanol–water partition coefficient (Wildman–Crippen LogP) is 4.14. The highest BCUT2D eigenvalue weighted by Crippen LogP contribution is 2.23. The van der Waals surface area contributed by atoms with Gasteiger partial charge < -0.3 is 19.1 Å². The van der Waals surface area contributed by atoms with E-state index >= 15 is 0 Å². The lowest BCUT2D eigenvalue weighted by molar-refractivity contribution is 0.0524. The molecule has 0 atom stereocenters. The molecule has 1 aromatic carbocycles. The molecule has 1 aliphatic rings. The summed E-state index contributed by atoms with van der Waals surface area (Å²) in [5.41, 5.74) is 0.0520. The van der Waals surface area contributed by atoms with Gasteiger partial charge in [-0.1, -0.05) is 29.8 Å². The van der Waals surface area contributed by atoms with E-state index < -0.39 is 17.2 Å². The molecule has 0 unspecified atom stereocenters. The third kappa shape index (κ3) is 4.99. The average Bonchev–Trinajstić information content (AvgIpc) is 2.93. The number of carbonyl (C=O) groups excluding carboxylic acids is 1.